The van der Waals surface area contributed by atoms with E-state index in [1.165, 1.54) is 38.5 Å². The van der Waals surface area contributed by atoms with Crippen LogP contribution in [0.2, 0.25) is 10.2 Å². The van der Waals surface area contributed by atoms with Crippen molar-refractivity contribution in [2.24, 2.45) is 23.2 Å². The maximum absolute atomic E-state index is 13.0. The van der Waals surface area contributed by atoms with Crippen LogP contribution in [0.5, 0.6) is 0 Å². The smallest absolute Gasteiger partial charge is 0.252 e. The minimum atomic E-state index is -0.0937. The van der Waals surface area contributed by atoms with E-state index in [1.54, 1.807) is 6.07 Å². The summed E-state index contributed by atoms with van der Waals surface area (Å²) < 4.78 is 0. The fourth-order valence-corrected chi connectivity index (χ4v) is 6.99. The number of benzene rings is 1. The summed E-state index contributed by atoms with van der Waals surface area (Å²) in [7, 11) is 0. The lowest BCUT2D eigenvalue weighted by molar-refractivity contribution is -0.0503. The summed E-state index contributed by atoms with van der Waals surface area (Å²) in [6, 6.07) is 9.34. The first-order valence-corrected chi connectivity index (χ1v) is 11.4. The van der Waals surface area contributed by atoms with Gasteiger partial charge in [-0.25, -0.2) is 4.98 Å². The second-order valence-electron chi connectivity index (χ2n) is 9.59. The molecule has 2 aromatic rings. The van der Waals surface area contributed by atoms with Crippen LogP contribution < -0.4 is 5.32 Å². The number of carbonyl (C=O) groups excluding carboxylic acids is 1. The highest BCUT2D eigenvalue weighted by molar-refractivity contribution is 6.34. The summed E-state index contributed by atoms with van der Waals surface area (Å²) in [6.45, 7) is 2.67. The SMILES string of the molecule is Cc1ccc(-c2ccc(Cl)c(C(=O)NCC34CC5CC(CC(C5)C3)C4)c2)c(Cl)n1. The summed E-state index contributed by atoms with van der Waals surface area (Å²) in [5, 5.41) is 4.13. The molecule has 3 nitrogen and oxygen atoms in total. The maximum atomic E-state index is 13.0. The maximum Gasteiger partial charge on any atom is 0.252 e. The highest BCUT2D eigenvalue weighted by Crippen LogP contribution is 2.59. The number of carbonyl (C=O) groups is 1. The van der Waals surface area contributed by atoms with E-state index in [0.29, 0.717) is 21.2 Å². The molecule has 29 heavy (non-hydrogen) atoms. The molecule has 1 aromatic heterocycles. The van der Waals surface area contributed by atoms with Gasteiger partial charge in [-0.3, -0.25) is 4.79 Å². The van der Waals surface area contributed by atoms with E-state index < -0.39 is 0 Å². The number of hydrogen-bond acceptors (Lipinski definition) is 2. The molecule has 0 atom stereocenters. The van der Waals surface area contributed by atoms with Gasteiger partial charge in [-0.2, -0.15) is 0 Å². The van der Waals surface area contributed by atoms with E-state index in [9.17, 15) is 4.79 Å². The van der Waals surface area contributed by atoms with Gasteiger partial charge in [0.1, 0.15) is 5.15 Å². The molecular weight excluding hydrogens is 403 g/mol. The molecule has 6 rings (SSSR count). The van der Waals surface area contributed by atoms with Crippen LogP contribution in [0.15, 0.2) is 30.3 Å². The van der Waals surface area contributed by atoms with Gasteiger partial charge in [0, 0.05) is 17.8 Å². The Bertz CT molecular complexity index is 936. The number of aryl methyl sites for hydroxylation is 1. The summed E-state index contributed by atoms with van der Waals surface area (Å²) in [4.78, 5) is 17.4. The zero-order chi connectivity index (χ0) is 20.2. The van der Waals surface area contributed by atoms with Crippen molar-refractivity contribution in [2.45, 2.75) is 45.4 Å². The summed E-state index contributed by atoms with van der Waals surface area (Å²) >= 11 is 12.7. The summed E-state index contributed by atoms with van der Waals surface area (Å²) in [6.07, 6.45) is 8.05. The van der Waals surface area contributed by atoms with Crippen molar-refractivity contribution in [3.8, 4) is 11.1 Å². The molecule has 1 amide bonds. The Kier molecular flexibility index (Phi) is 4.87. The number of halogens is 2. The Labute approximate surface area is 182 Å². The Morgan fingerprint density at radius 1 is 1.07 bits per heavy atom. The van der Waals surface area contributed by atoms with Crippen LogP contribution in [0.1, 0.15) is 54.6 Å². The van der Waals surface area contributed by atoms with Gasteiger partial charge < -0.3 is 5.32 Å². The van der Waals surface area contributed by atoms with Gasteiger partial charge in [0.15, 0.2) is 0 Å². The second kappa shape index (κ2) is 7.28. The fraction of sp³-hybridized carbons (Fsp3) is 0.500. The second-order valence-corrected chi connectivity index (χ2v) is 10.4. The predicted molar refractivity (Wildman–Crippen MR) is 117 cm³/mol. The van der Waals surface area contributed by atoms with Crippen LogP contribution in [0, 0.1) is 30.1 Å². The first-order chi connectivity index (χ1) is 13.9. The van der Waals surface area contributed by atoms with Gasteiger partial charge in [-0.15, -0.1) is 0 Å². The van der Waals surface area contributed by atoms with Gasteiger partial charge in [-0.1, -0.05) is 29.3 Å². The Morgan fingerprint density at radius 2 is 1.72 bits per heavy atom. The van der Waals surface area contributed by atoms with E-state index in [2.05, 4.69) is 10.3 Å². The molecular formula is C24H26Cl2N2O. The number of pyridine rings is 1. The summed E-state index contributed by atoms with van der Waals surface area (Å²) in [5.41, 5.74) is 3.33. The van der Waals surface area contributed by atoms with Crippen molar-refractivity contribution < 1.29 is 4.79 Å². The van der Waals surface area contributed by atoms with Crippen LogP contribution in [-0.2, 0) is 0 Å². The van der Waals surface area contributed by atoms with E-state index in [1.807, 2.05) is 31.2 Å². The first kappa shape index (κ1) is 19.4. The fourth-order valence-electron chi connectivity index (χ4n) is 6.48. The van der Waals surface area contributed by atoms with Crippen molar-refractivity contribution in [3.05, 3.63) is 51.8 Å². The van der Waals surface area contributed by atoms with Crippen molar-refractivity contribution in [3.63, 3.8) is 0 Å². The van der Waals surface area contributed by atoms with Crippen LogP contribution in [0.3, 0.4) is 0 Å². The van der Waals surface area contributed by atoms with E-state index in [-0.39, 0.29) is 5.91 Å². The average Bonchev–Trinajstić information content (AvgIpc) is 2.66. The molecule has 1 heterocycles. The van der Waals surface area contributed by atoms with Crippen molar-refractivity contribution in [1.29, 1.82) is 0 Å². The quantitative estimate of drug-likeness (QED) is 0.579. The largest absolute Gasteiger partial charge is 0.351 e. The number of aromatic nitrogens is 1. The molecule has 4 aliphatic rings. The van der Waals surface area contributed by atoms with E-state index in [0.717, 1.165) is 41.1 Å². The third-order valence-electron chi connectivity index (χ3n) is 7.30. The van der Waals surface area contributed by atoms with Crippen LogP contribution >= 0.6 is 23.2 Å². The number of hydrogen-bond donors (Lipinski definition) is 1. The van der Waals surface area contributed by atoms with E-state index >= 15 is 0 Å². The van der Waals surface area contributed by atoms with Crippen molar-refractivity contribution in [2.75, 3.05) is 6.54 Å². The van der Waals surface area contributed by atoms with Gasteiger partial charge >= 0.3 is 0 Å². The zero-order valence-electron chi connectivity index (χ0n) is 16.7. The molecule has 1 aromatic carbocycles. The van der Waals surface area contributed by atoms with Crippen molar-refractivity contribution in [1.82, 2.24) is 10.3 Å². The highest BCUT2D eigenvalue weighted by Gasteiger charge is 2.50. The first-order valence-electron chi connectivity index (χ1n) is 10.6. The molecule has 0 saturated heterocycles. The number of nitrogens with zero attached hydrogens (tertiary/aromatic N) is 1. The van der Waals surface area contributed by atoms with Crippen LogP contribution in [0.4, 0.5) is 0 Å². The molecule has 1 N–H and O–H groups in total. The lowest BCUT2D eigenvalue weighted by Gasteiger charge is -2.56. The standard InChI is InChI=1S/C24H26Cl2N2O/c1-14-2-4-19(22(26)28-14)18-3-5-21(25)20(9-18)23(29)27-13-24-10-15-6-16(11-24)8-17(7-15)12-24/h2-5,9,15-17H,6-8,10-13H2,1H3,(H,27,29). The molecule has 0 unspecified atom stereocenters. The lowest BCUT2D eigenvalue weighted by atomic mass is 9.49. The van der Waals surface area contributed by atoms with Crippen molar-refractivity contribution >= 4 is 29.1 Å². The average molecular weight is 429 g/mol. The Morgan fingerprint density at radius 3 is 2.34 bits per heavy atom. The molecule has 0 spiro atoms. The van der Waals surface area contributed by atoms with Crippen LogP contribution in [-0.4, -0.2) is 17.4 Å². The van der Waals surface area contributed by atoms with Gasteiger partial charge in [0.05, 0.1) is 10.6 Å². The molecule has 4 fully saturated rings. The van der Waals surface area contributed by atoms with Gasteiger partial charge in [0.25, 0.3) is 5.91 Å². The molecule has 4 aliphatic carbocycles. The highest BCUT2D eigenvalue weighted by atomic mass is 35.5. The molecule has 4 bridgehead atoms. The zero-order valence-corrected chi connectivity index (χ0v) is 18.2. The Balaban J connectivity index is 1.35. The third kappa shape index (κ3) is 3.68. The van der Waals surface area contributed by atoms with Gasteiger partial charge in [0.2, 0.25) is 0 Å². The molecule has 0 radical (unpaired) electrons. The molecule has 4 saturated carbocycles. The monoisotopic (exact) mass is 428 g/mol. The minimum absolute atomic E-state index is 0.0937. The summed E-state index contributed by atoms with van der Waals surface area (Å²) in [5.74, 6) is 2.53. The Hall–Kier alpha value is -1.58. The normalized spacial score (nSPS) is 29.8. The number of rotatable bonds is 4. The van der Waals surface area contributed by atoms with E-state index in [4.69, 9.17) is 23.2 Å². The third-order valence-corrected chi connectivity index (χ3v) is 7.92. The molecule has 0 aliphatic heterocycles. The van der Waals surface area contributed by atoms with Gasteiger partial charge in [-0.05, 0) is 98.4 Å². The lowest BCUT2D eigenvalue weighted by Crippen LogP contribution is -2.51. The topological polar surface area (TPSA) is 42.0 Å². The minimum Gasteiger partial charge on any atom is -0.351 e. The molecule has 5 heteroatoms. The molecule has 152 valence electrons. The number of amides is 1. The van der Waals surface area contributed by atoms with Crippen LogP contribution in [0.25, 0.3) is 11.1 Å². The predicted octanol–water partition coefficient (Wildman–Crippen LogP) is 6.31. The number of nitrogens with one attached hydrogen (secondary N) is 1.